The molecule has 76 valence electrons. The van der Waals surface area contributed by atoms with E-state index in [2.05, 4.69) is 10.2 Å². The molecule has 0 radical (unpaired) electrons. The molecule has 1 atom stereocenters. The number of hydrogen-bond acceptors (Lipinski definition) is 6. The van der Waals surface area contributed by atoms with Crippen LogP contribution >= 0.6 is 0 Å². The molecule has 14 heavy (non-hydrogen) atoms. The fourth-order valence-corrected chi connectivity index (χ4v) is 1.08. The van der Waals surface area contributed by atoms with E-state index < -0.39 is 18.0 Å². The zero-order chi connectivity index (χ0) is 9.97. The fourth-order valence-electron chi connectivity index (χ4n) is 1.08. The molecule has 0 aromatic carbocycles. The van der Waals surface area contributed by atoms with Crippen molar-refractivity contribution >= 4 is 5.97 Å². The molecule has 7 nitrogen and oxygen atoms in total. The second-order valence-corrected chi connectivity index (χ2v) is 2.68. The molecule has 1 aliphatic rings. The van der Waals surface area contributed by atoms with E-state index in [1.54, 1.807) is 0 Å². The van der Waals surface area contributed by atoms with Crippen molar-refractivity contribution in [2.24, 2.45) is 0 Å². The van der Waals surface area contributed by atoms with Gasteiger partial charge in [-0.1, -0.05) is 0 Å². The van der Waals surface area contributed by atoms with Crippen LogP contribution in [0.25, 0.3) is 0 Å². The minimum Gasteiger partial charge on any atom is -0.474 e. The van der Waals surface area contributed by atoms with Crippen LogP contribution < -0.4 is 0 Å². The van der Waals surface area contributed by atoms with Crippen molar-refractivity contribution in [3.63, 3.8) is 0 Å². The molecule has 0 spiro atoms. The Morgan fingerprint density at radius 1 is 1.43 bits per heavy atom. The molecule has 2 heterocycles. The molecule has 1 aliphatic heterocycles. The Bertz CT molecular complexity index is 331. The van der Waals surface area contributed by atoms with Gasteiger partial charge in [0.1, 0.15) is 0 Å². The first-order valence-corrected chi connectivity index (χ1v) is 4.03. The van der Waals surface area contributed by atoms with Gasteiger partial charge in [-0.25, -0.2) is 4.79 Å². The number of aromatic nitrogens is 2. The summed E-state index contributed by atoms with van der Waals surface area (Å²) in [6.07, 6.45) is -0.454. The Balaban J connectivity index is 2.11. The van der Waals surface area contributed by atoms with Crippen molar-refractivity contribution in [1.29, 1.82) is 0 Å². The van der Waals surface area contributed by atoms with Gasteiger partial charge in [-0.2, -0.15) is 0 Å². The predicted molar refractivity (Wildman–Crippen MR) is 40.8 cm³/mol. The van der Waals surface area contributed by atoms with E-state index in [1.165, 1.54) is 0 Å². The number of aromatic carboxylic acids is 1. The summed E-state index contributed by atoms with van der Waals surface area (Å²) in [5, 5.41) is 15.4. The summed E-state index contributed by atoms with van der Waals surface area (Å²) in [6, 6.07) is 0. The molecule has 1 fully saturated rings. The van der Waals surface area contributed by atoms with Crippen molar-refractivity contribution in [2.45, 2.75) is 6.10 Å². The highest BCUT2D eigenvalue weighted by atomic mass is 16.6. The minimum absolute atomic E-state index is 0.141. The fraction of sp³-hybridized carbons (Fsp3) is 0.571. The van der Waals surface area contributed by atoms with Crippen LogP contribution in [0.4, 0.5) is 0 Å². The Hall–Kier alpha value is -1.47. The highest BCUT2D eigenvalue weighted by Crippen LogP contribution is 2.18. The van der Waals surface area contributed by atoms with Crippen LogP contribution in [0.5, 0.6) is 0 Å². The molecule has 0 saturated carbocycles. The molecular formula is C7H8N2O5. The maximum atomic E-state index is 10.4. The van der Waals surface area contributed by atoms with Gasteiger partial charge in [-0.15, -0.1) is 10.2 Å². The molecule has 1 aromatic rings. The van der Waals surface area contributed by atoms with Crippen molar-refractivity contribution in [3.05, 3.63) is 11.8 Å². The summed E-state index contributed by atoms with van der Waals surface area (Å²) < 4.78 is 15.2. The Morgan fingerprint density at radius 2 is 2.29 bits per heavy atom. The number of carbonyl (C=O) groups is 1. The van der Waals surface area contributed by atoms with Crippen molar-refractivity contribution in [3.8, 4) is 0 Å². The first kappa shape index (κ1) is 9.10. The largest absolute Gasteiger partial charge is 0.474 e. The van der Waals surface area contributed by atoms with Crippen LogP contribution in [-0.2, 0) is 9.47 Å². The van der Waals surface area contributed by atoms with Gasteiger partial charge in [0.25, 0.3) is 0 Å². The average molecular weight is 200 g/mol. The minimum atomic E-state index is -1.25. The zero-order valence-electron chi connectivity index (χ0n) is 7.17. The SMILES string of the molecule is O=C(O)c1nnc(C2COCCO2)o1. The van der Waals surface area contributed by atoms with Crippen molar-refractivity contribution < 1.29 is 23.8 Å². The van der Waals surface area contributed by atoms with Crippen LogP contribution in [0.1, 0.15) is 22.7 Å². The number of ether oxygens (including phenoxy) is 2. The Kier molecular flexibility index (Phi) is 2.42. The monoisotopic (exact) mass is 200 g/mol. The van der Waals surface area contributed by atoms with Gasteiger partial charge in [-0.3, -0.25) is 0 Å². The molecule has 0 bridgehead atoms. The van der Waals surface area contributed by atoms with Crippen LogP contribution in [0.15, 0.2) is 4.42 Å². The molecule has 7 heteroatoms. The molecule has 1 saturated heterocycles. The maximum absolute atomic E-state index is 10.4. The van der Waals surface area contributed by atoms with Gasteiger partial charge >= 0.3 is 11.9 Å². The van der Waals surface area contributed by atoms with E-state index in [0.717, 1.165) is 0 Å². The van der Waals surface area contributed by atoms with Gasteiger partial charge in [0, 0.05) is 0 Å². The lowest BCUT2D eigenvalue weighted by Crippen LogP contribution is -2.22. The van der Waals surface area contributed by atoms with E-state index in [-0.39, 0.29) is 5.89 Å². The Labute approximate surface area is 78.6 Å². The van der Waals surface area contributed by atoms with Crippen LogP contribution in [0.3, 0.4) is 0 Å². The number of nitrogens with zero attached hydrogens (tertiary/aromatic N) is 2. The predicted octanol–water partition coefficient (Wildman–Crippen LogP) is -0.144. The zero-order valence-corrected chi connectivity index (χ0v) is 7.17. The van der Waals surface area contributed by atoms with E-state index >= 15 is 0 Å². The van der Waals surface area contributed by atoms with Crippen LogP contribution in [0.2, 0.25) is 0 Å². The second-order valence-electron chi connectivity index (χ2n) is 2.68. The number of rotatable bonds is 2. The standard InChI is InChI=1S/C7H8N2O5/c10-7(11)6-9-8-5(14-6)4-3-12-1-2-13-4/h4H,1-3H2,(H,10,11). The van der Waals surface area contributed by atoms with Crippen LogP contribution in [0, 0.1) is 0 Å². The van der Waals surface area contributed by atoms with Gasteiger partial charge in [0.15, 0.2) is 6.10 Å². The Morgan fingerprint density at radius 3 is 2.86 bits per heavy atom. The first-order chi connectivity index (χ1) is 6.77. The summed E-state index contributed by atoms with van der Waals surface area (Å²) in [4.78, 5) is 10.4. The third kappa shape index (κ3) is 1.73. The van der Waals surface area contributed by atoms with Gasteiger partial charge < -0.3 is 19.0 Å². The van der Waals surface area contributed by atoms with E-state index in [1.807, 2.05) is 0 Å². The van der Waals surface area contributed by atoms with E-state index in [9.17, 15) is 4.79 Å². The van der Waals surface area contributed by atoms with Gasteiger partial charge in [-0.05, 0) is 0 Å². The van der Waals surface area contributed by atoms with E-state index in [0.29, 0.717) is 19.8 Å². The third-order valence-electron chi connectivity index (χ3n) is 1.71. The highest BCUT2D eigenvalue weighted by Gasteiger charge is 2.24. The van der Waals surface area contributed by atoms with Crippen molar-refractivity contribution in [1.82, 2.24) is 10.2 Å². The number of carboxylic acid groups (broad SMARTS) is 1. The third-order valence-corrected chi connectivity index (χ3v) is 1.71. The summed E-state index contributed by atoms with van der Waals surface area (Å²) in [5.41, 5.74) is 0. The topological polar surface area (TPSA) is 94.7 Å². The summed E-state index contributed by atoms with van der Waals surface area (Å²) in [7, 11) is 0. The summed E-state index contributed by atoms with van der Waals surface area (Å²) in [6.45, 7) is 1.27. The van der Waals surface area contributed by atoms with Gasteiger partial charge in [0.05, 0.1) is 19.8 Å². The second kappa shape index (κ2) is 3.72. The highest BCUT2D eigenvalue weighted by molar-refractivity contribution is 5.81. The molecular weight excluding hydrogens is 192 g/mol. The first-order valence-electron chi connectivity index (χ1n) is 4.03. The lowest BCUT2D eigenvalue weighted by molar-refractivity contribution is -0.0998. The lowest BCUT2D eigenvalue weighted by atomic mass is 10.3. The molecule has 0 amide bonds. The number of carboxylic acids is 1. The molecule has 2 rings (SSSR count). The summed E-state index contributed by atoms with van der Waals surface area (Å²) >= 11 is 0. The van der Waals surface area contributed by atoms with Crippen LogP contribution in [-0.4, -0.2) is 41.1 Å². The number of hydrogen-bond donors (Lipinski definition) is 1. The maximum Gasteiger partial charge on any atom is 0.393 e. The lowest BCUT2D eigenvalue weighted by Gasteiger charge is -2.19. The summed E-state index contributed by atoms with van der Waals surface area (Å²) in [5.74, 6) is -1.54. The van der Waals surface area contributed by atoms with Gasteiger partial charge in [0.2, 0.25) is 5.89 Å². The molecule has 0 aliphatic carbocycles. The van der Waals surface area contributed by atoms with Crippen molar-refractivity contribution in [2.75, 3.05) is 19.8 Å². The normalized spacial score (nSPS) is 22.1. The quantitative estimate of drug-likeness (QED) is 0.709. The smallest absolute Gasteiger partial charge is 0.393 e. The molecule has 1 N–H and O–H groups in total. The molecule has 1 aromatic heterocycles. The average Bonchev–Trinajstić information content (AvgIpc) is 2.68. The molecule has 1 unspecified atom stereocenters. The van der Waals surface area contributed by atoms with E-state index in [4.69, 9.17) is 19.0 Å².